The molecule has 1 aliphatic heterocycles. The maximum absolute atomic E-state index is 14.8. The molecule has 1 aliphatic rings. The Morgan fingerprint density at radius 1 is 1.16 bits per heavy atom. The van der Waals surface area contributed by atoms with Crippen LogP contribution >= 0.6 is 11.3 Å². The molecule has 0 bridgehead atoms. The fourth-order valence-electron chi connectivity index (χ4n) is 3.81. The molecule has 7 heteroatoms. The van der Waals surface area contributed by atoms with E-state index in [4.69, 9.17) is 4.74 Å². The molecule has 0 radical (unpaired) electrons. The van der Waals surface area contributed by atoms with Gasteiger partial charge in [-0.3, -0.25) is 9.59 Å². The van der Waals surface area contributed by atoms with Gasteiger partial charge in [-0.1, -0.05) is 24.3 Å². The third-order valence-electron chi connectivity index (χ3n) is 5.33. The second-order valence-electron chi connectivity index (χ2n) is 7.21. The van der Waals surface area contributed by atoms with E-state index in [0.717, 1.165) is 4.88 Å². The van der Waals surface area contributed by atoms with Crippen LogP contribution in [0.4, 0.5) is 4.39 Å². The van der Waals surface area contributed by atoms with Crippen molar-refractivity contribution in [2.45, 2.75) is 19.5 Å². The first kappa shape index (κ1) is 20.8. The number of ketones is 1. The number of amides is 1. The quantitative estimate of drug-likeness (QED) is 0.353. The number of aryl methyl sites for hydroxylation is 1. The average molecular weight is 437 g/mol. The summed E-state index contributed by atoms with van der Waals surface area (Å²) in [5.74, 6) is -1.90. The van der Waals surface area contributed by atoms with Crippen LogP contribution in [0, 0.1) is 12.7 Å². The molecule has 31 heavy (non-hydrogen) atoms. The van der Waals surface area contributed by atoms with Gasteiger partial charge in [-0.15, -0.1) is 11.3 Å². The van der Waals surface area contributed by atoms with Gasteiger partial charge in [0.15, 0.2) is 0 Å². The first-order valence-electron chi connectivity index (χ1n) is 9.62. The minimum Gasteiger partial charge on any atom is -0.507 e. The SMILES string of the molecule is COc1ccc(/C(O)=C2\C(=O)C(=O)N(Cc3cccs3)C2c2ccccc2F)c(C)c1. The van der Waals surface area contributed by atoms with Gasteiger partial charge in [0.25, 0.3) is 11.7 Å². The molecule has 1 N–H and O–H groups in total. The number of methoxy groups -OCH3 is 1. The number of Topliss-reactive ketones (excluding diaryl/α,β-unsaturated/α-hetero) is 1. The molecule has 1 fully saturated rings. The van der Waals surface area contributed by atoms with Gasteiger partial charge in [-0.2, -0.15) is 0 Å². The first-order chi connectivity index (χ1) is 14.9. The Labute approximate surface area is 183 Å². The minimum atomic E-state index is -1.04. The van der Waals surface area contributed by atoms with Crippen LogP contribution in [-0.2, 0) is 16.1 Å². The summed E-state index contributed by atoms with van der Waals surface area (Å²) >= 11 is 1.44. The Bertz CT molecular complexity index is 1190. The van der Waals surface area contributed by atoms with Crippen molar-refractivity contribution in [2.24, 2.45) is 0 Å². The van der Waals surface area contributed by atoms with E-state index < -0.39 is 23.5 Å². The second-order valence-corrected chi connectivity index (χ2v) is 8.24. The fraction of sp³-hybridized carbons (Fsp3) is 0.167. The predicted octanol–water partition coefficient (Wildman–Crippen LogP) is 4.83. The van der Waals surface area contributed by atoms with E-state index in [1.165, 1.54) is 41.5 Å². The molecule has 1 unspecified atom stereocenters. The Morgan fingerprint density at radius 2 is 1.94 bits per heavy atom. The Morgan fingerprint density at radius 3 is 2.58 bits per heavy atom. The molecule has 2 heterocycles. The van der Waals surface area contributed by atoms with Crippen LogP contribution in [0.5, 0.6) is 5.75 Å². The number of rotatable bonds is 5. The van der Waals surface area contributed by atoms with Crippen molar-refractivity contribution in [3.05, 3.63) is 92.9 Å². The molecule has 5 nitrogen and oxygen atoms in total. The maximum Gasteiger partial charge on any atom is 0.295 e. The number of ether oxygens (including phenoxy) is 1. The molecule has 1 atom stereocenters. The van der Waals surface area contributed by atoms with Crippen molar-refractivity contribution in [2.75, 3.05) is 7.11 Å². The summed E-state index contributed by atoms with van der Waals surface area (Å²) in [6.07, 6.45) is 0. The zero-order valence-electron chi connectivity index (χ0n) is 17.0. The summed E-state index contributed by atoms with van der Waals surface area (Å²) in [7, 11) is 1.53. The van der Waals surface area contributed by atoms with E-state index in [1.54, 1.807) is 31.2 Å². The van der Waals surface area contributed by atoms with Crippen LogP contribution in [0.2, 0.25) is 0 Å². The predicted molar refractivity (Wildman–Crippen MR) is 116 cm³/mol. The summed E-state index contributed by atoms with van der Waals surface area (Å²) < 4.78 is 20.0. The Kier molecular flexibility index (Phi) is 5.61. The number of carbonyl (C=O) groups excluding carboxylic acids is 2. The molecule has 0 aliphatic carbocycles. The van der Waals surface area contributed by atoms with E-state index in [0.29, 0.717) is 16.9 Å². The second kappa shape index (κ2) is 8.35. The fourth-order valence-corrected chi connectivity index (χ4v) is 4.51. The van der Waals surface area contributed by atoms with Crippen LogP contribution in [-0.4, -0.2) is 28.8 Å². The van der Waals surface area contributed by atoms with Crippen molar-refractivity contribution in [1.82, 2.24) is 4.90 Å². The van der Waals surface area contributed by atoms with Crippen LogP contribution in [0.25, 0.3) is 5.76 Å². The lowest BCUT2D eigenvalue weighted by Crippen LogP contribution is -2.29. The average Bonchev–Trinajstić information content (AvgIpc) is 3.36. The highest BCUT2D eigenvalue weighted by Crippen LogP contribution is 2.42. The van der Waals surface area contributed by atoms with E-state index in [1.807, 2.05) is 17.5 Å². The summed E-state index contributed by atoms with van der Waals surface area (Å²) in [5, 5.41) is 13.0. The zero-order valence-corrected chi connectivity index (χ0v) is 17.8. The highest BCUT2D eigenvalue weighted by molar-refractivity contribution is 7.09. The van der Waals surface area contributed by atoms with Gasteiger partial charge >= 0.3 is 0 Å². The number of aliphatic hydroxyl groups excluding tert-OH is 1. The highest BCUT2D eigenvalue weighted by Gasteiger charge is 2.47. The molecular formula is C24H20FNO4S. The molecule has 3 aromatic rings. The zero-order chi connectivity index (χ0) is 22.1. The Balaban J connectivity index is 1.90. The van der Waals surface area contributed by atoms with E-state index in [2.05, 4.69) is 0 Å². The lowest BCUT2D eigenvalue weighted by Gasteiger charge is -2.25. The number of carbonyl (C=O) groups is 2. The molecule has 4 rings (SSSR count). The van der Waals surface area contributed by atoms with Crippen molar-refractivity contribution < 1.29 is 23.8 Å². The summed E-state index contributed by atoms with van der Waals surface area (Å²) in [6.45, 7) is 1.90. The summed E-state index contributed by atoms with van der Waals surface area (Å²) in [4.78, 5) is 28.2. The molecule has 1 amide bonds. The van der Waals surface area contributed by atoms with E-state index >= 15 is 0 Å². The number of likely N-dealkylation sites (tertiary alicyclic amines) is 1. The molecular weight excluding hydrogens is 417 g/mol. The number of halogens is 1. The normalized spacial score (nSPS) is 17.9. The largest absolute Gasteiger partial charge is 0.507 e. The maximum atomic E-state index is 14.8. The number of thiophene rings is 1. The van der Waals surface area contributed by atoms with Gasteiger partial charge in [0.1, 0.15) is 17.3 Å². The van der Waals surface area contributed by atoms with Crippen molar-refractivity contribution >= 4 is 28.8 Å². The van der Waals surface area contributed by atoms with Crippen LogP contribution < -0.4 is 4.74 Å². The van der Waals surface area contributed by atoms with Gasteiger partial charge in [0.05, 0.1) is 25.3 Å². The molecule has 158 valence electrons. The molecule has 1 saturated heterocycles. The molecule has 1 aromatic heterocycles. The molecule has 0 saturated carbocycles. The number of hydrogen-bond acceptors (Lipinski definition) is 5. The first-order valence-corrected chi connectivity index (χ1v) is 10.5. The Hall–Kier alpha value is -3.45. The lowest BCUT2D eigenvalue weighted by molar-refractivity contribution is -0.140. The lowest BCUT2D eigenvalue weighted by atomic mass is 9.93. The van der Waals surface area contributed by atoms with Gasteiger partial charge in [0.2, 0.25) is 0 Å². The number of benzene rings is 2. The van der Waals surface area contributed by atoms with Gasteiger partial charge < -0.3 is 14.7 Å². The van der Waals surface area contributed by atoms with Crippen LogP contribution in [0.15, 0.2) is 65.6 Å². The topological polar surface area (TPSA) is 66.8 Å². The van der Waals surface area contributed by atoms with Crippen LogP contribution in [0.1, 0.15) is 27.6 Å². The van der Waals surface area contributed by atoms with E-state index in [-0.39, 0.29) is 23.4 Å². The third-order valence-corrected chi connectivity index (χ3v) is 6.20. The summed E-state index contributed by atoms with van der Waals surface area (Å²) in [6, 6.07) is 13.6. The van der Waals surface area contributed by atoms with Crippen molar-refractivity contribution in [1.29, 1.82) is 0 Å². The van der Waals surface area contributed by atoms with Crippen LogP contribution in [0.3, 0.4) is 0 Å². The van der Waals surface area contributed by atoms with Gasteiger partial charge in [0, 0.05) is 16.0 Å². The smallest absolute Gasteiger partial charge is 0.295 e. The van der Waals surface area contributed by atoms with E-state index in [9.17, 15) is 19.1 Å². The summed E-state index contributed by atoms with van der Waals surface area (Å²) in [5.41, 5.74) is 1.08. The standard InChI is InChI=1S/C24H20FNO4S/c1-14-12-15(30-2)9-10-17(14)22(27)20-21(18-7-3-4-8-19(18)25)26(24(29)23(20)28)13-16-6-5-11-31-16/h3-12,21,27H,13H2,1-2H3/b22-20+. The number of nitrogens with zero attached hydrogens (tertiary/aromatic N) is 1. The van der Waals surface area contributed by atoms with Crippen molar-refractivity contribution in [3.8, 4) is 5.75 Å². The number of aliphatic hydroxyl groups is 1. The van der Waals surface area contributed by atoms with Crippen molar-refractivity contribution in [3.63, 3.8) is 0 Å². The monoisotopic (exact) mass is 437 g/mol. The highest BCUT2D eigenvalue weighted by atomic mass is 32.1. The number of hydrogen-bond donors (Lipinski definition) is 1. The minimum absolute atomic E-state index is 0.125. The third kappa shape index (κ3) is 3.72. The molecule has 2 aromatic carbocycles. The van der Waals surface area contributed by atoms with Gasteiger partial charge in [-0.25, -0.2) is 4.39 Å². The van der Waals surface area contributed by atoms with Gasteiger partial charge in [-0.05, 0) is 48.2 Å². The molecule has 0 spiro atoms.